The topological polar surface area (TPSA) is 21.3 Å². The monoisotopic (exact) mass is 447 g/mol. The number of rotatable bonds is 9. The molecule has 0 aromatic heterocycles. The molecular weight excluding hydrogens is 412 g/mol. The molecule has 1 atom stereocenters. The van der Waals surface area contributed by atoms with E-state index >= 15 is 0 Å². The summed E-state index contributed by atoms with van der Waals surface area (Å²) < 4.78 is 20.5. The minimum absolute atomic E-state index is 0.248. The summed E-state index contributed by atoms with van der Waals surface area (Å²) >= 11 is 12.9. The van der Waals surface area contributed by atoms with Crippen LogP contribution in [0.3, 0.4) is 0 Å². The van der Waals surface area contributed by atoms with Gasteiger partial charge in [-0.05, 0) is 61.4 Å². The maximum absolute atomic E-state index is 13.7. The van der Waals surface area contributed by atoms with Crippen molar-refractivity contribution in [2.45, 2.75) is 90.6 Å². The van der Waals surface area contributed by atoms with Crippen molar-refractivity contribution >= 4 is 31.5 Å². The molecule has 0 saturated heterocycles. The van der Waals surface area contributed by atoms with Crippen LogP contribution in [0.2, 0.25) is 28.2 Å². The zero-order chi connectivity index (χ0) is 20.9. The highest BCUT2D eigenvalue weighted by molar-refractivity contribution is 6.73. The third kappa shape index (κ3) is 6.18. The Bertz CT molecular complexity index is 610. The maximum Gasteiger partial charge on any atom is 0.192 e. The Morgan fingerprint density at radius 2 is 1.61 bits per heavy atom. The van der Waals surface area contributed by atoms with Gasteiger partial charge >= 0.3 is 0 Å². The van der Waals surface area contributed by atoms with Gasteiger partial charge in [0.25, 0.3) is 0 Å². The molecule has 0 bridgehead atoms. The molecule has 160 valence electrons. The van der Waals surface area contributed by atoms with E-state index in [1.165, 1.54) is 37.8 Å². The fourth-order valence-corrected chi connectivity index (χ4v) is 7.75. The molecular formula is C22H36Cl2FNOSi. The van der Waals surface area contributed by atoms with Crippen molar-refractivity contribution in [2.75, 3.05) is 6.54 Å². The molecule has 1 unspecified atom stereocenters. The number of nitrogens with one attached hydrogen (secondary N) is 1. The lowest BCUT2D eigenvalue weighted by atomic mass is 9.75. The standard InChI is InChI=1S/C22H36Cl2FNOSi/c1-6-28(7-2,8-3)27-20(21-18(23)13-16(25)14-19(21)24)15-26-17-9-11-22(4,5)12-10-17/h13-14,17,20,26H,6-12,15H2,1-5H3. The first-order chi connectivity index (χ1) is 13.1. The summed E-state index contributed by atoms with van der Waals surface area (Å²) in [6.45, 7) is 12.0. The van der Waals surface area contributed by atoms with Crippen molar-refractivity contribution in [2.24, 2.45) is 5.41 Å². The van der Waals surface area contributed by atoms with Crippen LogP contribution in [-0.2, 0) is 4.43 Å². The van der Waals surface area contributed by atoms with Crippen LogP contribution in [-0.4, -0.2) is 20.9 Å². The van der Waals surface area contributed by atoms with E-state index in [2.05, 4.69) is 39.9 Å². The fourth-order valence-electron chi connectivity index (χ4n) is 4.24. The zero-order valence-corrected chi connectivity index (χ0v) is 20.5. The highest BCUT2D eigenvalue weighted by atomic mass is 35.5. The van der Waals surface area contributed by atoms with Crippen LogP contribution in [0.25, 0.3) is 0 Å². The van der Waals surface area contributed by atoms with Crippen molar-refractivity contribution in [3.05, 3.63) is 33.6 Å². The minimum atomic E-state index is -1.88. The van der Waals surface area contributed by atoms with Gasteiger partial charge in [0, 0.05) is 18.2 Å². The molecule has 1 N–H and O–H groups in total. The molecule has 1 aromatic rings. The second kappa shape index (κ2) is 10.3. The van der Waals surface area contributed by atoms with Crippen molar-refractivity contribution < 1.29 is 8.82 Å². The van der Waals surface area contributed by atoms with E-state index < -0.39 is 14.1 Å². The van der Waals surface area contributed by atoms with Gasteiger partial charge in [0.1, 0.15) is 5.82 Å². The SMILES string of the molecule is CC[Si](CC)(CC)OC(CNC1CCC(C)(C)CC1)c1c(Cl)cc(F)cc1Cl. The molecule has 1 aliphatic carbocycles. The molecule has 0 aliphatic heterocycles. The summed E-state index contributed by atoms with van der Waals surface area (Å²) in [5.41, 5.74) is 1.16. The van der Waals surface area contributed by atoms with Gasteiger partial charge in [0.15, 0.2) is 8.32 Å². The largest absolute Gasteiger partial charge is 0.409 e. The lowest BCUT2D eigenvalue weighted by Gasteiger charge is -2.37. The molecule has 0 spiro atoms. The van der Waals surface area contributed by atoms with Crippen molar-refractivity contribution in [1.82, 2.24) is 5.32 Å². The zero-order valence-electron chi connectivity index (χ0n) is 18.0. The first-order valence-electron chi connectivity index (χ1n) is 10.7. The van der Waals surface area contributed by atoms with Gasteiger partial charge in [-0.15, -0.1) is 0 Å². The quantitative estimate of drug-likeness (QED) is 0.390. The molecule has 6 heteroatoms. The van der Waals surface area contributed by atoms with Gasteiger partial charge in [0.05, 0.1) is 16.1 Å². The third-order valence-electron chi connectivity index (χ3n) is 6.62. The van der Waals surface area contributed by atoms with Crippen LogP contribution in [0.15, 0.2) is 12.1 Å². The first kappa shape index (κ1) is 24.1. The van der Waals surface area contributed by atoms with Crippen LogP contribution in [0.5, 0.6) is 0 Å². The molecule has 1 fully saturated rings. The van der Waals surface area contributed by atoms with Crippen LogP contribution in [0.4, 0.5) is 4.39 Å². The molecule has 0 radical (unpaired) electrons. The van der Waals surface area contributed by atoms with E-state index in [1.54, 1.807) is 0 Å². The van der Waals surface area contributed by atoms with E-state index in [0.29, 0.717) is 28.0 Å². The van der Waals surface area contributed by atoms with Crippen LogP contribution in [0, 0.1) is 11.2 Å². The molecule has 2 rings (SSSR count). The number of benzene rings is 1. The van der Waals surface area contributed by atoms with E-state index in [1.807, 2.05) is 0 Å². The number of halogens is 3. The molecule has 1 aliphatic rings. The normalized spacial score (nSPS) is 19.0. The Kier molecular flexibility index (Phi) is 8.84. The predicted molar refractivity (Wildman–Crippen MR) is 121 cm³/mol. The molecule has 0 heterocycles. The maximum atomic E-state index is 13.7. The minimum Gasteiger partial charge on any atom is -0.409 e. The molecule has 2 nitrogen and oxygen atoms in total. The van der Waals surface area contributed by atoms with E-state index in [-0.39, 0.29) is 6.10 Å². The summed E-state index contributed by atoms with van der Waals surface area (Å²) in [6, 6.07) is 6.31. The van der Waals surface area contributed by atoms with Gasteiger partial charge in [0.2, 0.25) is 0 Å². The van der Waals surface area contributed by atoms with E-state index in [4.69, 9.17) is 27.6 Å². The summed E-state index contributed by atoms with van der Waals surface area (Å²) in [5, 5.41) is 4.42. The lowest BCUT2D eigenvalue weighted by Crippen LogP contribution is -2.43. The van der Waals surface area contributed by atoms with Crippen molar-refractivity contribution in [1.29, 1.82) is 0 Å². The Morgan fingerprint density at radius 1 is 1.11 bits per heavy atom. The van der Waals surface area contributed by atoms with Crippen LogP contribution >= 0.6 is 23.2 Å². The summed E-state index contributed by atoms with van der Waals surface area (Å²) in [4.78, 5) is 0. The summed E-state index contributed by atoms with van der Waals surface area (Å²) in [6.07, 6.45) is 4.55. The third-order valence-corrected chi connectivity index (χ3v) is 11.9. The molecule has 1 saturated carbocycles. The van der Waals surface area contributed by atoms with Crippen molar-refractivity contribution in [3.63, 3.8) is 0 Å². The van der Waals surface area contributed by atoms with Gasteiger partial charge in [-0.2, -0.15) is 0 Å². The Hall–Kier alpha value is -0.133. The number of hydrogen-bond acceptors (Lipinski definition) is 2. The van der Waals surface area contributed by atoms with Gasteiger partial charge in [-0.25, -0.2) is 4.39 Å². The molecule has 28 heavy (non-hydrogen) atoms. The molecule has 1 aromatic carbocycles. The smallest absolute Gasteiger partial charge is 0.192 e. The Labute approximate surface area is 181 Å². The van der Waals surface area contributed by atoms with Crippen LogP contribution in [0.1, 0.15) is 72.0 Å². The second-order valence-corrected chi connectivity index (χ2v) is 14.5. The average molecular weight is 449 g/mol. The first-order valence-corrected chi connectivity index (χ1v) is 14.0. The van der Waals surface area contributed by atoms with E-state index in [0.717, 1.165) is 23.7 Å². The predicted octanol–water partition coefficient (Wildman–Crippen LogP) is 7.75. The second-order valence-electron chi connectivity index (χ2n) is 8.98. The molecule has 0 amide bonds. The Morgan fingerprint density at radius 3 is 2.07 bits per heavy atom. The average Bonchev–Trinajstić information content (AvgIpc) is 2.64. The van der Waals surface area contributed by atoms with Crippen molar-refractivity contribution in [3.8, 4) is 0 Å². The summed E-state index contributed by atoms with van der Waals surface area (Å²) in [7, 11) is -1.88. The number of hydrogen-bond donors (Lipinski definition) is 1. The van der Waals surface area contributed by atoms with E-state index in [9.17, 15) is 4.39 Å². The van der Waals surface area contributed by atoms with Gasteiger partial charge in [-0.1, -0.05) is 57.8 Å². The fraction of sp³-hybridized carbons (Fsp3) is 0.727. The van der Waals surface area contributed by atoms with Gasteiger partial charge in [-0.3, -0.25) is 0 Å². The highest BCUT2D eigenvalue weighted by Crippen LogP contribution is 2.38. The summed E-state index contributed by atoms with van der Waals surface area (Å²) in [5.74, 6) is -0.412. The lowest BCUT2D eigenvalue weighted by molar-refractivity contribution is 0.160. The Balaban J connectivity index is 2.22. The van der Waals surface area contributed by atoms with Gasteiger partial charge < -0.3 is 9.74 Å². The highest BCUT2D eigenvalue weighted by Gasteiger charge is 2.35. The van der Waals surface area contributed by atoms with Crippen LogP contribution < -0.4 is 5.32 Å².